The molecule has 3 atom stereocenters. The number of sulfonamides is 1. The normalized spacial score (nSPS) is 27.0. The predicted molar refractivity (Wildman–Crippen MR) is 156 cm³/mol. The van der Waals surface area contributed by atoms with Gasteiger partial charge in [0.1, 0.15) is 5.82 Å². The Kier molecular flexibility index (Phi) is 8.72. The molecule has 3 aliphatic rings. The number of amides is 2. The van der Waals surface area contributed by atoms with E-state index < -0.39 is 16.1 Å². The third-order valence-corrected chi connectivity index (χ3v) is 10.8. The van der Waals surface area contributed by atoms with E-state index in [0.29, 0.717) is 37.2 Å². The van der Waals surface area contributed by atoms with Crippen LogP contribution in [-0.4, -0.2) is 76.6 Å². The number of imidazole rings is 1. The number of hydrogen-bond donors (Lipinski definition) is 4. The molecule has 2 aromatic rings. The largest absolute Gasteiger partial charge is 0.465 e. The second kappa shape index (κ2) is 12.1. The number of nitrogens with one attached hydrogen (secondary N) is 2. The lowest BCUT2D eigenvalue weighted by Gasteiger charge is -2.34. The Hall–Kier alpha value is -2.96. The molecule has 0 bridgehead atoms. The summed E-state index contributed by atoms with van der Waals surface area (Å²) in [7, 11) is -3.20. The molecule has 11 nitrogen and oxygen atoms in total. The lowest BCUT2D eigenvalue weighted by Crippen LogP contribution is -2.41. The zero-order valence-corrected chi connectivity index (χ0v) is 24.6. The van der Waals surface area contributed by atoms with Crippen molar-refractivity contribution in [3.63, 3.8) is 0 Å². The number of aromatic amines is 1. The topological polar surface area (TPSA) is 162 Å². The molecule has 5 rings (SSSR count). The van der Waals surface area contributed by atoms with E-state index in [1.165, 1.54) is 6.26 Å². The second-order valence-electron chi connectivity index (χ2n) is 12.2. The Morgan fingerprint density at radius 1 is 1.07 bits per heavy atom. The molecule has 5 N–H and O–H groups in total. The third-order valence-electron chi connectivity index (χ3n) is 9.47. The Bertz CT molecular complexity index is 1330. The quantitative estimate of drug-likeness (QED) is 0.383. The molecule has 2 aliphatic heterocycles. The van der Waals surface area contributed by atoms with Gasteiger partial charge in [0.2, 0.25) is 15.9 Å². The zero-order chi connectivity index (χ0) is 29.3. The van der Waals surface area contributed by atoms with Crippen molar-refractivity contribution in [1.82, 2.24) is 19.2 Å². The molecule has 1 aromatic carbocycles. The van der Waals surface area contributed by atoms with Gasteiger partial charge in [0.15, 0.2) is 0 Å². The van der Waals surface area contributed by atoms with Crippen LogP contribution >= 0.6 is 0 Å². The molecule has 0 spiro atoms. The number of carbonyl (C=O) groups excluding carboxylic acids is 1. The minimum absolute atomic E-state index is 0.0120. The van der Waals surface area contributed by atoms with Gasteiger partial charge in [-0.15, -0.1) is 0 Å². The maximum absolute atomic E-state index is 14.0. The van der Waals surface area contributed by atoms with Gasteiger partial charge in [-0.3, -0.25) is 10.1 Å². The first-order valence-corrected chi connectivity index (χ1v) is 16.5. The number of likely N-dealkylation sites (tertiary alicyclic amines) is 1. The van der Waals surface area contributed by atoms with Gasteiger partial charge < -0.3 is 20.7 Å². The van der Waals surface area contributed by atoms with E-state index in [-0.39, 0.29) is 29.8 Å². The van der Waals surface area contributed by atoms with Crippen molar-refractivity contribution in [3.8, 4) is 11.3 Å². The van der Waals surface area contributed by atoms with Crippen LogP contribution in [-0.2, 0) is 14.8 Å². The molecule has 12 heteroatoms. The number of carbonyl (C=O) groups is 2. The first-order chi connectivity index (χ1) is 19.5. The summed E-state index contributed by atoms with van der Waals surface area (Å²) in [5.41, 5.74) is 8.30. The van der Waals surface area contributed by atoms with Crippen LogP contribution in [0.25, 0.3) is 11.3 Å². The molecule has 224 valence electrons. The summed E-state index contributed by atoms with van der Waals surface area (Å²) in [5.74, 6) is 2.03. The van der Waals surface area contributed by atoms with Gasteiger partial charge >= 0.3 is 6.09 Å². The Morgan fingerprint density at radius 2 is 1.73 bits per heavy atom. The van der Waals surface area contributed by atoms with Crippen molar-refractivity contribution >= 4 is 27.7 Å². The van der Waals surface area contributed by atoms with Gasteiger partial charge in [-0.2, -0.15) is 0 Å². The van der Waals surface area contributed by atoms with Crippen LogP contribution < -0.4 is 11.1 Å². The lowest BCUT2D eigenvalue weighted by atomic mass is 9.78. The summed E-state index contributed by atoms with van der Waals surface area (Å²) in [5, 5.41) is 11.3. The maximum Gasteiger partial charge on any atom is 0.409 e. The van der Waals surface area contributed by atoms with Crippen LogP contribution in [0.3, 0.4) is 0 Å². The summed E-state index contributed by atoms with van der Waals surface area (Å²) >= 11 is 0. The van der Waals surface area contributed by atoms with E-state index in [1.807, 2.05) is 24.0 Å². The number of piperidine rings is 1. The van der Waals surface area contributed by atoms with E-state index in [0.717, 1.165) is 62.0 Å². The number of rotatable bonds is 7. The monoisotopic (exact) mass is 586 g/mol. The molecule has 2 saturated heterocycles. The van der Waals surface area contributed by atoms with Gasteiger partial charge in [-0.1, -0.05) is 12.1 Å². The average molecular weight is 587 g/mol. The first-order valence-electron chi connectivity index (χ1n) is 14.7. The van der Waals surface area contributed by atoms with Gasteiger partial charge in [0.05, 0.1) is 24.2 Å². The third kappa shape index (κ3) is 6.76. The van der Waals surface area contributed by atoms with Crippen molar-refractivity contribution in [2.75, 3.05) is 31.2 Å². The number of nitrogens with zero attached hydrogens (tertiary/aromatic N) is 3. The average Bonchev–Trinajstić information content (AvgIpc) is 3.60. The number of carboxylic acid groups (broad SMARTS) is 1. The highest BCUT2D eigenvalue weighted by molar-refractivity contribution is 7.88. The molecule has 1 saturated carbocycles. The SMILES string of the molecule is C[C@H](N)[C@H]1CC[C@H](C(=O)N2C[C@@H](C3CCN(S(C)(=O)=O)CC3)C[C@H]2c2ncc(-c3ccc(NC(=O)O)cc3)[nH]2)CC1. The fourth-order valence-corrected chi connectivity index (χ4v) is 7.90. The van der Waals surface area contributed by atoms with Crippen molar-refractivity contribution < 1.29 is 23.1 Å². The van der Waals surface area contributed by atoms with Crippen LogP contribution in [0, 0.1) is 23.7 Å². The van der Waals surface area contributed by atoms with E-state index >= 15 is 0 Å². The molecular weight excluding hydrogens is 544 g/mol. The fourth-order valence-electron chi connectivity index (χ4n) is 7.03. The van der Waals surface area contributed by atoms with E-state index in [9.17, 15) is 18.0 Å². The fraction of sp³-hybridized carbons (Fsp3) is 0.621. The summed E-state index contributed by atoms with van der Waals surface area (Å²) in [6, 6.07) is 7.03. The number of benzene rings is 1. The molecule has 3 heterocycles. The standard InChI is InChI=1S/C29H42N6O5S/c1-18(30)19-3-5-22(6-4-19)28(36)35-17-23(20-11-13-34(14-12-20)41(2,39)40)15-26(35)27-31-16-25(33-27)21-7-9-24(10-8-21)32-29(37)38/h7-10,16,18-20,22-23,26,32H,3-6,11-15,17,30H2,1-2H3,(H,31,33)(H,37,38)/t18-,19-,22-,23-,26-/m0/s1. The van der Waals surface area contributed by atoms with Crippen LogP contribution in [0.5, 0.6) is 0 Å². The number of anilines is 1. The molecule has 2 amide bonds. The van der Waals surface area contributed by atoms with Gasteiger partial charge in [-0.25, -0.2) is 22.5 Å². The number of nitrogens with two attached hydrogens (primary N) is 1. The minimum atomic E-state index is -3.20. The van der Waals surface area contributed by atoms with Gasteiger partial charge in [0.25, 0.3) is 0 Å². The van der Waals surface area contributed by atoms with E-state index in [1.54, 1.807) is 22.6 Å². The van der Waals surface area contributed by atoms with Gasteiger partial charge in [-0.05, 0) is 87.3 Å². The van der Waals surface area contributed by atoms with Crippen molar-refractivity contribution in [2.45, 2.75) is 64.0 Å². The summed E-state index contributed by atoms with van der Waals surface area (Å²) in [6.45, 7) is 3.76. The summed E-state index contributed by atoms with van der Waals surface area (Å²) in [6.07, 6.45) is 7.95. The van der Waals surface area contributed by atoms with E-state index in [4.69, 9.17) is 15.8 Å². The predicted octanol–water partition coefficient (Wildman–Crippen LogP) is 3.88. The Balaban J connectivity index is 1.34. The van der Waals surface area contributed by atoms with Crippen molar-refractivity contribution in [2.24, 2.45) is 29.4 Å². The lowest BCUT2D eigenvalue weighted by molar-refractivity contribution is -0.138. The van der Waals surface area contributed by atoms with Crippen LogP contribution in [0.2, 0.25) is 0 Å². The molecule has 0 radical (unpaired) electrons. The van der Waals surface area contributed by atoms with Crippen molar-refractivity contribution in [3.05, 3.63) is 36.3 Å². The smallest absolute Gasteiger partial charge is 0.409 e. The summed E-state index contributed by atoms with van der Waals surface area (Å²) in [4.78, 5) is 35.1. The maximum atomic E-state index is 14.0. The Labute approximate surface area is 241 Å². The Morgan fingerprint density at radius 3 is 2.32 bits per heavy atom. The van der Waals surface area contributed by atoms with Crippen LogP contribution in [0.4, 0.5) is 10.5 Å². The second-order valence-corrected chi connectivity index (χ2v) is 14.1. The minimum Gasteiger partial charge on any atom is -0.465 e. The molecular formula is C29H42N6O5S. The highest BCUT2D eigenvalue weighted by atomic mass is 32.2. The molecule has 41 heavy (non-hydrogen) atoms. The number of hydrogen-bond acceptors (Lipinski definition) is 6. The molecule has 1 aromatic heterocycles. The first kappa shape index (κ1) is 29.5. The number of aromatic nitrogens is 2. The van der Waals surface area contributed by atoms with E-state index in [2.05, 4.69) is 10.3 Å². The molecule has 3 fully saturated rings. The number of H-pyrrole nitrogens is 1. The zero-order valence-electron chi connectivity index (χ0n) is 23.8. The highest BCUT2D eigenvalue weighted by Gasteiger charge is 2.44. The molecule has 0 unspecified atom stereocenters. The highest BCUT2D eigenvalue weighted by Crippen LogP contribution is 2.43. The van der Waals surface area contributed by atoms with Crippen molar-refractivity contribution in [1.29, 1.82) is 0 Å². The van der Waals surface area contributed by atoms with Crippen LogP contribution in [0.15, 0.2) is 30.5 Å². The summed E-state index contributed by atoms with van der Waals surface area (Å²) < 4.78 is 25.6. The van der Waals surface area contributed by atoms with Gasteiger partial charge in [0, 0.05) is 37.3 Å². The molecule has 1 aliphatic carbocycles. The van der Waals surface area contributed by atoms with Crippen LogP contribution in [0.1, 0.15) is 63.7 Å².